The topological polar surface area (TPSA) is 64.0 Å². The first-order chi connectivity index (χ1) is 13.7. The Morgan fingerprint density at radius 2 is 1.68 bits per heavy atom. The predicted molar refractivity (Wildman–Crippen MR) is 114 cm³/mol. The van der Waals surface area contributed by atoms with Crippen LogP contribution in [0.5, 0.6) is 0 Å². The molecule has 0 unspecified atom stereocenters. The molecule has 0 saturated carbocycles. The summed E-state index contributed by atoms with van der Waals surface area (Å²) >= 11 is 0. The zero-order chi connectivity index (χ0) is 19.9. The minimum Gasteiger partial charge on any atom is -0.320 e. The molecule has 0 aliphatic carbocycles. The van der Waals surface area contributed by atoms with Crippen LogP contribution in [0.2, 0.25) is 0 Å². The van der Waals surface area contributed by atoms with Gasteiger partial charge in [-0.2, -0.15) is 5.10 Å². The van der Waals surface area contributed by atoms with Crippen molar-refractivity contribution in [2.45, 2.75) is 52.5 Å². The van der Waals surface area contributed by atoms with Crippen molar-refractivity contribution in [1.29, 1.82) is 0 Å². The van der Waals surface area contributed by atoms with Crippen LogP contribution < -0.4 is 10.9 Å². The van der Waals surface area contributed by atoms with E-state index in [9.17, 15) is 9.59 Å². The molecule has 28 heavy (non-hydrogen) atoms. The van der Waals surface area contributed by atoms with E-state index < -0.39 is 0 Å². The molecule has 1 N–H and O–H groups in total. The van der Waals surface area contributed by atoms with E-state index in [0.29, 0.717) is 17.3 Å². The highest BCUT2D eigenvalue weighted by molar-refractivity contribution is 6.11. The molecule has 5 nitrogen and oxygen atoms in total. The number of anilines is 1. The zero-order valence-electron chi connectivity index (χ0n) is 16.6. The second-order valence-corrected chi connectivity index (χ2v) is 6.95. The Morgan fingerprint density at radius 3 is 2.43 bits per heavy atom. The molecule has 0 fully saturated rings. The maximum Gasteiger partial charge on any atom is 0.276 e. The fraction of sp³-hybridized carbons (Fsp3) is 0.348. The van der Waals surface area contributed by atoms with Gasteiger partial charge in [-0.1, -0.05) is 69.5 Å². The maximum absolute atomic E-state index is 13.0. The molecule has 2 aromatic carbocycles. The zero-order valence-corrected chi connectivity index (χ0v) is 16.6. The van der Waals surface area contributed by atoms with Gasteiger partial charge in [0.15, 0.2) is 5.69 Å². The smallest absolute Gasteiger partial charge is 0.276 e. The monoisotopic (exact) mass is 377 g/mol. The molecule has 3 rings (SSSR count). The third-order valence-corrected chi connectivity index (χ3v) is 4.95. The highest BCUT2D eigenvalue weighted by atomic mass is 16.2. The molecule has 5 heteroatoms. The molecule has 0 aliphatic heterocycles. The van der Waals surface area contributed by atoms with Gasteiger partial charge in [-0.05, 0) is 30.5 Å². The van der Waals surface area contributed by atoms with Crippen LogP contribution in [-0.4, -0.2) is 15.7 Å². The molecule has 0 aliphatic rings. The van der Waals surface area contributed by atoms with Crippen LogP contribution in [0.3, 0.4) is 0 Å². The first-order valence-electron chi connectivity index (χ1n) is 10.0. The number of carbonyl (C=O) groups excluding carboxylic acids is 1. The Bertz CT molecular complexity index is 1020. The number of amides is 1. The molecule has 0 saturated heterocycles. The molecule has 3 aromatic rings. The van der Waals surface area contributed by atoms with Crippen LogP contribution in [0.4, 0.5) is 5.69 Å². The lowest BCUT2D eigenvalue weighted by Gasteiger charge is -2.13. The molecule has 1 heterocycles. The number of nitrogens with one attached hydrogen (secondary N) is 1. The van der Waals surface area contributed by atoms with Crippen molar-refractivity contribution in [2.24, 2.45) is 0 Å². The molecule has 1 amide bonds. The number of fused-ring (bicyclic) bond motifs is 1. The van der Waals surface area contributed by atoms with E-state index in [4.69, 9.17) is 0 Å². The number of rotatable bonds is 8. The average molecular weight is 377 g/mol. The molecular formula is C23H27N3O2. The first kappa shape index (κ1) is 19.8. The Kier molecular flexibility index (Phi) is 6.58. The normalized spacial score (nSPS) is 10.9. The van der Waals surface area contributed by atoms with E-state index in [1.54, 1.807) is 12.1 Å². The van der Waals surface area contributed by atoms with Crippen LogP contribution in [-0.2, 0) is 13.0 Å². The number of aromatic nitrogens is 2. The first-order valence-corrected chi connectivity index (χ1v) is 10.0. The van der Waals surface area contributed by atoms with Gasteiger partial charge in [-0.3, -0.25) is 9.59 Å². The third-order valence-electron chi connectivity index (χ3n) is 4.95. The number of carbonyl (C=O) groups is 1. The SMILES string of the molecule is CCCCCCn1nc(C(=O)Nc2ccccc2CC)c2ccccc2c1=O. The van der Waals surface area contributed by atoms with Crippen molar-refractivity contribution in [1.82, 2.24) is 9.78 Å². The Hall–Kier alpha value is -2.95. The predicted octanol–water partition coefficient (Wildman–Crippen LogP) is 4.79. The molecular weight excluding hydrogens is 350 g/mol. The standard InChI is InChI=1S/C23H27N3O2/c1-3-5-6-11-16-26-23(28)19-14-9-8-13-18(19)21(25-26)22(27)24-20-15-10-7-12-17(20)4-2/h7-10,12-15H,3-6,11,16H2,1-2H3,(H,24,27). The summed E-state index contributed by atoms with van der Waals surface area (Å²) in [4.78, 5) is 25.8. The van der Waals surface area contributed by atoms with Gasteiger partial charge in [-0.15, -0.1) is 0 Å². The lowest BCUT2D eigenvalue weighted by atomic mass is 10.1. The van der Waals surface area contributed by atoms with Crippen LogP contribution in [0.25, 0.3) is 10.8 Å². The van der Waals surface area contributed by atoms with Crippen molar-refractivity contribution in [3.8, 4) is 0 Å². The Morgan fingerprint density at radius 1 is 0.964 bits per heavy atom. The average Bonchev–Trinajstić information content (AvgIpc) is 2.73. The van der Waals surface area contributed by atoms with Crippen molar-refractivity contribution in [3.63, 3.8) is 0 Å². The fourth-order valence-corrected chi connectivity index (χ4v) is 3.37. The molecule has 146 valence electrons. The summed E-state index contributed by atoms with van der Waals surface area (Å²) in [5.41, 5.74) is 1.99. The molecule has 0 radical (unpaired) electrons. The summed E-state index contributed by atoms with van der Waals surface area (Å²) < 4.78 is 1.44. The number of unbranched alkanes of at least 4 members (excludes halogenated alkanes) is 3. The van der Waals surface area contributed by atoms with Gasteiger partial charge < -0.3 is 5.32 Å². The van der Waals surface area contributed by atoms with E-state index in [0.717, 1.165) is 43.4 Å². The summed E-state index contributed by atoms with van der Waals surface area (Å²) in [7, 11) is 0. The van der Waals surface area contributed by atoms with Gasteiger partial charge in [0.1, 0.15) is 0 Å². The number of para-hydroxylation sites is 1. The summed E-state index contributed by atoms with van der Waals surface area (Å²) in [6.45, 7) is 4.72. The highest BCUT2D eigenvalue weighted by Crippen LogP contribution is 2.19. The Balaban J connectivity index is 1.98. The van der Waals surface area contributed by atoms with Gasteiger partial charge in [0, 0.05) is 17.6 Å². The van der Waals surface area contributed by atoms with Gasteiger partial charge in [0.2, 0.25) is 0 Å². The van der Waals surface area contributed by atoms with Gasteiger partial charge >= 0.3 is 0 Å². The van der Waals surface area contributed by atoms with Crippen LogP contribution in [0, 0.1) is 0 Å². The van der Waals surface area contributed by atoms with E-state index in [1.807, 2.05) is 36.4 Å². The minimum atomic E-state index is -0.292. The maximum atomic E-state index is 13.0. The number of hydrogen-bond donors (Lipinski definition) is 1. The summed E-state index contributed by atoms with van der Waals surface area (Å²) in [6, 6.07) is 14.9. The van der Waals surface area contributed by atoms with Crippen LogP contribution in [0.15, 0.2) is 53.3 Å². The molecule has 0 atom stereocenters. The second kappa shape index (κ2) is 9.31. The summed E-state index contributed by atoms with van der Waals surface area (Å²) in [5.74, 6) is -0.292. The number of benzene rings is 2. The van der Waals surface area contributed by atoms with Gasteiger partial charge in [-0.25, -0.2) is 4.68 Å². The van der Waals surface area contributed by atoms with E-state index >= 15 is 0 Å². The van der Waals surface area contributed by atoms with Crippen molar-refractivity contribution in [3.05, 3.63) is 70.1 Å². The lowest BCUT2D eigenvalue weighted by molar-refractivity contribution is 0.102. The quantitative estimate of drug-likeness (QED) is 0.574. The van der Waals surface area contributed by atoms with E-state index in [2.05, 4.69) is 24.3 Å². The largest absolute Gasteiger partial charge is 0.320 e. The number of hydrogen-bond acceptors (Lipinski definition) is 3. The third kappa shape index (κ3) is 4.30. The van der Waals surface area contributed by atoms with Gasteiger partial charge in [0.05, 0.1) is 5.39 Å². The molecule has 0 spiro atoms. The molecule has 1 aromatic heterocycles. The minimum absolute atomic E-state index is 0.141. The van der Waals surface area contributed by atoms with E-state index in [1.165, 1.54) is 4.68 Å². The number of aryl methyl sites for hydroxylation is 2. The van der Waals surface area contributed by atoms with Crippen molar-refractivity contribution < 1.29 is 4.79 Å². The lowest BCUT2D eigenvalue weighted by Crippen LogP contribution is -2.28. The molecule has 0 bridgehead atoms. The van der Waals surface area contributed by atoms with Crippen molar-refractivity contribution in [2.75, 3.05) is 5.32 Å². The summed E-state index contributed by atoms with van der Waals surface area (Å²) in [6.07, 6.45) is 5.00. The van der Waals surface area contributed by atoms with Crippen LogP contribution in [0.1, 0.15) is 55.6 Å². The van der Waals surface area contributed by atoms with E-state index in [-0.39, 0.29) is 17.2 Å². The highest BCUT2D eigenvalue weighted by Gasteiger charge is 2.17. The summed E-state index contributed by atoms with van der Waals surface area (Å²) in [5, 5.41) is 8.53. The fourth-order valence-electron chi connectivity index (χ4n) is 3.37. The number of nitrogens with zero attached hydrogens (tertiary/aromatic N) is 2. The van der Waals surface area contributed by atoms with Crippen LogP contribution >= 0.6 is 0 Å². The van der Waals surface area contributed by atoms with Crippen molar-refractivity contribution >= 4 is 22.4 Å². The Labute approximate surface area is 165 Å². The second-order valence-electron chi connectivity index (χ2n) is 6.95. The van der Waals surface area contributed by atoms with Gasteiger partial charge in [0.25, 0.3) is 11.5 Å².